The summed E-state index contributed by atoms with van der Waals surface area (Å²) in [7, 11) is 0. The Bertz CT molecular complexity index is 59.7. The summed E-state index contributed by atoms with van der Waals surface area (Å²) in [6.07, 6.45) is 0. The van der Waals surface area contributed by atoms with Crippen LogP contribution in [0.1, 0.15) is 6.92 Å². The molecule has 0 heterocycles. The van der Waals surface area contributed by atoms with Crippen LogP contribution in [0.5, 0.6) is 0 Å². The first-order valence-electron chi connectivity index (χ1n) is 1.48. The predicted molar refractivity (Wildman–Crippen MR) is 28.0 cm³/mol. The van der Waals surface area contributed by atoms with Crippen molar-refractivity contribution >= 4 is 41.0 Å². The monoisotopic (exact) mass is 136 g/mol. The minimum absolute atomic E-state index is 0. The second kappa shape index (κ2) is 7.04. The van der Waals surface area contributed by atoms with Crippen LogP contribution in [0.2, 0.25) is 0 Å². The van der Waals surface area contributed by atoms with E-state index in [1.54, 1.807) is 6.92 Å². The Balaban J connectivity index is 0. The molecule has 0 amide bonds. The van der Waals surface area contributed by atoms with E-state index in [2.05, 4.69) is 4.18 Å². The van der Waals surface area contributed by atoms with E-state index < -0.39 is 11.5 Å². The molecule has 0 fully saturated rings. The van der Waals surface area contributed by atoms with Gasteiger partial charge >= 0.3 is 41.0 Å². The van der Waals surface area contributed by atoms with Gasteiger partial charge in [0.05, 0.1) is 6.61 Å². The zero-order valence-electron chi connectivity index (χ0n) is 3.31. The van der Waals surface area contributed by atoms with Gasteiger partial charge in [0.2, 0.25) is 0 Å². The van der Waals surface area contributed by atoms with Crippen LogP contribution < -0.4 is 0 Å². The topological polar surface area (TPSA) is 26.3 Å². The fraction of sp³-hybridized carbons (Fsp3) is 1.00. The van der Waals surface area contributed by atoms with Crippen LogP contribution in [0.4, 0.5) is 3.89 Å². The van der Waals surface area contributed by atoms with Crippen molar-refractivity contribution in [3.8, 4) is 0 Å². The van der Waals surface area contributed by atoms with Gasteiger partial charge in [0.25, 0.3) is 0 Å². The van der Waals surface area contributed by atoms with E-state index >= 15 is 0 Å². The van der Waals surface area contributed by atoms with Gasteiger partial charge in [0.1, 0.15) is 0 Å². The third-order valence-corrected chi connectivity index (χ3v) is 0.632. The van der Waals surface area contributed by atoms with E-state index in [-0.39, 0.29) is 36.2 Å². The Hall–Kier alpha value is 1.04. The Morgan fingerprint density at radius 3 is 2.29 bits per heavy atom. The predicted octanol–water partition coefficient (Wildman–Crippen LogP) is -0.0774. The van der Waals surface area contributed by atoms with Crippen LogP contribution in [-0.2, 0) is 15.6 Å². The van der Waals surface area contributed by atoms with E-state index in [1.165, 1.54) is 0 Å². The van der Waals surface area contributed by atoms with Crippen LogP contribution in [0.25, 0.3) is 0 Å². The Morgan fingerprint density at radius 1 is 1.86 bits per heavy atom. The number of hydrogen-bond donors (Lipinski definition) is 0. The van der Waals surface area contributed by atoms with Crippen molar-refractivity contribution in [2.75, 3.05) is 6.61 Å². The van der Waals surface area contributed by atoms with Crippen LogP contribution in [0, 0.1) is 0 Å². The summed E-state index contributed by atoms with van der Waals surface area (Å²) >= 11 is -2.57. The molecule has 0 bridgehead atoms. The first kappa shape index (κ1) is 10.9. The molecule has 0 aliphatic carbocycles. The van der Waals surface area contributed by atoms with Crippen molar-refractivity contribution in [1.82, 2.24) is 0 Å². The summed E-state index contributed by atoms with van der Waals surface area (Å²) in [6, 6.07) is 0. The standard InChI is InChI=1S/C2H5FO2S.Na.H/c1-2-5-6(3)4;;/h2H2,1H3;;. The van der Waals surface area contributed by atoms with Gasteiger partial charge in [-0.1, -0.05) is 0 Å². The summed E-state index contributed by atoms with van der Waals surface area (Å²) in [4.78, 5) is 0. The summed E-state index contributed by atoms with van der Waals surface area (Å²) in [6.45, 7) is 1.72. The molecule has 40 valence electrons. The van der Waals surface area contributed by atoms with E-state index in [1.807, 2.05) is 0 Å². The molecule has 0 radical (unpaired) electrons. The third kappa shape index (κ3) is 11.0. The average molecular weight is 136 g/mol. The zero-order valence-corrected chi connectivity index (χ0v) is 4.13. The second-order valence-electron chi connectivity index (χ2n) is 0.601. The number of rotatable bonds is 2. The normalized spacial score (nSPS) is 12.3. The molecule has 1 unspecified atom stereocenters. The molecule has 0 saturated carbocycles. The zero-order chi connectivity index (χ0) is 4.99. The average Bonchev–Trinajstić information content (AvgIpc) is 1.35. The molecule has 1 atom stereocenters. The number of halogens is 1. The summed E-state index contributed by atoms with van der Waals surface area (Å²) < 4.78 is 24.1. The molecule has 0 aromatic carbocycles. The Labute approximate surface area is 66.7 Å². The van der Waals surface area contributed by atoms with Gasteiger partial charge in [-0.25, -0.2) is 0 Å². The molecule has 0 saturated heterocycles. The molecule has 0 aromatic rings. The molecule has 0 aliphatic rings. The van der Waals surface area contributed by atoms with Crippen molar-refractivity contribution in [3.05, 3.63) is 0 Å². The first-order chi connectivity index (χ1) is 2.77. The number of hydrogen-bond acceptors (Lipinski definition) is 2. The minimum atomic E-state index is -2.57. The quantitative estimate of drug-likeness (QED) is 0.392. The van der Waals surface area contributed by atoms with Gasteiger partial charge in [-0.2, -0.15) is 4.21 Å². The van der Waals surface area contributed by atoms with Crippen molar-refractivity contribution in [2.24, 2.45) is 0 Å². The van der Waals surface area contributed by atoms with E-state index in [9.17, 15) is 8.09 Å². The Morgan fingerprint density at radius 2 is 2.29 bits per heavy atom. The molecule has 0 N–H and O–H groups in total. The van der Waals surface area contributed by atoms with Gasteiger partial charge in [-0.3, -0.25) is 4.18 Å². The van der Waals surface area contributed by atoms with Gasteiger partial charge in [0, 0.05) is 0 Å². The van der Waals surface area contributed by atoms with Gasteiger partial charge in [0.15, 0.2) is 0 Å². The third-order valence-electron chi connectivity index (χ3n) is 0.211. The van der Waals surface area contributed by atoms with Crippen LogP contribution >= 0.6 is 0 Å². The Kier molecular flexibility index (Phi) is 11.0. The fourth-order valence-corrected chi connectivity index (χ4v) is 0.278. The first-order valence-corrected chi connectivity index (χ1v) is 2.46. The molecule has 7 heavy (non-hydrogen) atoms. The van der Waals surface area contributed by atoms with Crippen molar-refractivity contribution in [1.29, 1.82) is 0 Å². The molecule has 5 heteroatoms. The van der Waals surface area contributed by atoms with E-state index in [0.29, 0.717) is 0 Å². The van der Waals surface area contributed by atoms with Gasteiger partial charge in [-0.05, 0) is 6.92 Å². The van der Waals surface area contributed by atoms with Gasteiger partial charge < -0.3 is 0 Å². The van der Waals surface area contributed by atoms with E-state index in [4.69, 9.17) is 0 Å². The summed E-state index contributed by atoms with van der Waals surface area (Å²) in [5, 5.41) is 0. The fourth-order valence-electron chi connectivity index (χ4n) is 0.0927. The van der Waals surface area contributed by atoms with Crippen LogP contribution in [-0.4, -0.2) is 40.4 Å². The molecule has 0 rings (SSSR count). The molecular formula is C2H6FNaO2S. The maximum absolute atomic E-state index is 11.0. The van der Waals surface area contributed by atoms with Gasteiger partial charge in [-0.15, -0.1) is 3.89 Å². The second-order valence-corrected chi connectivity index (χ2v) is 1.22. The van der Waals surface area contributed by atoms with Crippen molar-refractivity contribution < 1.29 is 12.3 Å². The maximum atomic E-state index is 11.0. The van der Waals surface area contributed by atoms with E-state index in [0.717, 1.165) is 0 Å². The molecule has 0 aliphatic heterocycles. The molecule has 0 spiro atoms. The van der Waals surface area contributed by atoms with Crippen molar-refractivity contribution in [2.45, 2.75) is 6.92 Å². The SMILES string of the molecule is CCOS(=O)F.[NaH]. The summed E-state index contributed by atoms with van der Waals surface area (Å²) in [5.74, 6) is 0. The van der Waals surface area contributed by atoms with Crippen LogP contribution in [0.3, 0.4) is 0 Å². The molecule has 2 nitrogen and oxygen atoms in total. The van der Waals surface area contributed by atoms with Crippen molar-refractivity contribution in [3.63, 3.8) is 0 Å². The van der Waals surface area contributed by atoms with Crippen LogP contribution in [0.15, 0.2) is 0 Å². The molecular weight excluding hydrogens is 130 g/mol. The summed E-state index contributed by atoms with van der Waals surface area (Å²) in [5.41, 5.74) is 0. The molecule has 0 aromatic heterocycles.